The molecule has 1 aromatic carbocycles. The van der Waals surface area contributed by atoms with Gasteiger partial charge >= 0.3 is 6.18 Å². The fraction of sp³-hybridized carbons (Fsp3) is 0.217. The zero-order chi connectivity index (χ0) is 24.2. The van der Waals surface area contributed by atoms with E-state index in [1.165, 1.54) is 11.1 Å². The Balaban J connectivity index is 0.000000234. The number of anilines is 1. The van der Waals surface area contributed by atoms with Crippen LogP contribution in [0.15, 0.2) is 47.7 Å². The molecule has 184 valence electrons. The Kier molecular flexibility index (Phi) is 9.27. The minimum absolute atomic E-state index is 0. The topological polar surface area (TPSA) is 44.6 Å². The summed E-state index contributed by atoms with van der Waals surface area (Å²) in [7, 11) is 1.77. The van der Waals surface area contributed by atoms with Gasteiger partial charge in [-0.05, 0) is 24.7 Å². The summed E-state index contributed by atoms with van der Waals surface area (Å²) < 4.78 is 63.0. The van der Waals surface area contributed by atoms with Crippen LogP contribution in [0.2, 0.25) is 0 Å². The Bertz CT molecular complexity index is 1120. The number of hydrazone groups is 1. The SMILES string of the molecule is CC(C)c1ccnc(-c2[c-]cc(F)nc2F)c1.CN1C=NN(c2[c-]cc(C(F)(F)F)cc2)[CH-]1.[Pt]. The molecule has 4 rings (SSSR count). The molecule has 1 aliphatic rings. The molecule has 0 amide bonds. The maximum atomic E-state index is 13.4. The van der Waals surface area contributed by atoms with Crippen molar-refractivity contribution < 1.29 is 43.0 Å². The molecule has 0 radical (unpaired) electrons. The van der Waals surface area contributed by atoms with Crippen LogP contribution in [-0.2, 0) is 27.2 Å². The van der Waals surface area contributed by atoms with E-state index in [2.05, 4.69) is 27.2 Å². The van der Waals surface area contributed by atoms with Crippen molar-refractivity contribution in [1.29, 1.82) is 0 Å². The molecule has 0 aliphatic carbocycles. The van der Waals surface area contributed by atoms with Gasteiger partial charge in [-0.3, -0.25) is 4.98 Å². The quantitative estimate of drug-likeness (QED) is 0.208. The minimum Gasteiger partial charge on any atom is -0.493 e. The van der Waals surface area contributed by atoms with Gasteiger partial charge in [-0.15, -0.1) is 18.8 Å². The normalized spacial score (nSPS) is 13.0. The molecule has 0 N–H and O–H groups in total. The average Bonchev–Trinajstić information content (AvgIpc) is 3.20. The Labute approximate surface area is 208 Å². The van der Waals surface area contributed by atoms with Crippen LogP contribution in [0.1, 0.15) is 30.9 Å². The third kappa shape index (κ3) is 7.06. The van der Waals surface area contributed by atoms with E-state index in [4.69, 9.17) is 0 Å². The summed E-state index contributed by atoms with van der Waals surface area (Å²) in [4.78, 5) is 8.85. The van der Waals surface area contributed by atoms with E-state index in [0.29, 0.717) is 17.3 Å². The third-order valence-corrected chi connectivity index (χ3v) is 4.47. The summed E-state index contributed by atoms with van der Waals surface area (Å²) in [6.07, 6.45) is -1.18. The van der Waals surface area contributed by atoms with Gasteiger partial charge in [-0.2, -0.15) is 36.5 Å². The Morgan fingerprint density at radius 3 is 2.32 bits per heavy atom. The molecule has 2 aromatic heterocycles. The van der Waals surface area contributed by atoms with Gasteiger partial charge in [0, 0.05) is 27.3 Å². The Morgan fingerprint density at radius 2 is 1.79 bits per heavy atom. The van der Waals surface area contributed by atoms with Crippen molar-refractivity contribution in [3.05, 3.63) is 84.4 Å². The summed E-state index contributed by atoms with van der Waals surface area (Å²) in [6.45, 7) is 5.70. The van der Waals surface area contributed by atoms with E-state index in [-0.39, 0.29) is 26.6 Å². The molecule has 0 spiro atoms. The monoisotopic (exact) mass is 655 g/mol. The predicted molar refractivity (Wildman–Crippen MR) is 114 cm³/mol. The largest absolute Gasteiger partial charge is 0.493 e. The summed E-state index contributed by atoms with van der Waals surface area (Å²) in [5.41, 5.74) is 1.30. The van der Waals surface area contributed by atoms with Gasteiger partial charge in [0.1, 0.15) is 11.9 Å². The molecule has 0 atom stereocenters. The molecule has 3 aromatic rings. The molecular formula is C23H19F5N5Pt-3. The van der Waals surface area contributed by atoms with E-state index in [9.17, 15) is 22.0 Å². The number of aromatic nitrogens is 2. The number of alkyl halides is 3. The van der Waals surface area contributed by atoms with E-state index in [1.807, 2.05) is 19.9 Å². The van der Waals surface area contributed by atoms with Gasteiger partial charge in [0.15, 0.2) is 0 Å². The molecule has 0 fully saturated rings. The Morgan fingerprint density at radius 1 is 1.06 bits per heavy atom. The zero-order valence-electron chi connectivity index (χ0n) is 18.2. The van der Waals surface area contributed by atoms with Gasteiger partial charge in [-0.1, -0.05) is 48.4 Å². The maximum Gasteiger partial charge on any atom is 0.370 e. The molecule has 0 saturated carbocycles. The molecule has 0 bridgehead atoms. The number of rotatable bonds is 3. The number of benzene rings is 1. The van der Waals surface area contributed by atoms with E-state index in [0.717, 1.165) is 23.8 Å². The van der Waals surface area contributed by atoms with Gasteiger partial charge in [0.25, 0.3) is 0 Å². The van der Waals surface area contributed by atoms with Gasteiger partial charge in [-0.25, -0.2) is 8.78 Å². The zero-order valence-corrected chi connectivity index (χ0v) is 20.5. The molecule has 0 saturated heterocycles. The summed E-state index contributed by atoms with van der Waals surface area (Å²) in [6, 6.07) is 12.9. The van der Waals surface area contributed by atoms with Crippen molar-refractivity contribution in [3.8, 4) is 11.3 Å². The van der Waals surface area contributed by atoms with Gasteiger partial charge < -0.3 is 14.9 Å². The van der Waals surface area contributed by atoms with Crippen LogP contribution in [0.25, 0.3) is 11.3 Å². The fourth-order valence-electron chi connectivity index (χ4n) is 2.72. The number of hydrogen-bond acceptors (Lipinski definition) is 5. The number of nitrogens with zero attached hydrogens (tertiary/aromatic N) is 5. The van der Waals surface area contributed by atoms with E-state index < -0.39 is 23.6 Å². The van der Waals surface area contributed by atoms with E-state index in [1.54, 1.807) is 37.2 Å². The molecule has 34 heavy (non-hydrogen) atoms. The van der Waals surface area contributed by atoms with Crippen LogP contribution >= 0.6 is 0 Å². The van der Waals surface area contributed by atoms with Crippen molar-refractivity contribution in [2.24, 2.45) is 5.10 Å². The van der Waals surface area contributed by atoms with Crippen molar-refractivity contribution in [2.45, 2.75) is 25.9 Å². The summed E-state index contributed by atoms with van der Waals surface area (Å²) in [5, 5.41) is 5.39. The standard InChI is InChI=1S/C13H11F2N2.C10H8F3N3.Pt/c1-8(2)9-5-6-16-11(7-9)10-3-4-12(14)17-13(10)15;1-15-6-14-16(7-15)9-4-2-8(3-5-9)10(11,12)13;/h4-8H,1-2H3;2-4,6-7H,1H3;/q-1;-2;. The fourth-order valence-corrected chi connectivity index (χ4v) is 2.72. The first-order valence-corrected chi connectivity index (χ1v) is 9.74. The van der Waals surface area contributed by atoms with Crippen LogP contribution in [-0.4, -0.2) is 28.3 Å². The first-order valence-electron chi connectivity index (χ1n) is 9.74. The number of pyridine rings is 2. The second-order valence-electron chi connectivity index (χ2n) is 7.33. The van der Waals surface area contributed by atoms with Crippen molar-refractivity contribution in [2.75, 3.05) is 12.1 Å². The molecule has 5 nitrogen and oxygen atoms in total. The maximum absolute atomic E-state index is 13.4. The second-order valence-corrected chi connectivity index (χ2v) is 7.33. The van der Waals surface area contributed by atoms with Crippen LogP contribution in [0.4, 0.5) is 27.6 Å². The van der Waals surface area contributed by atoms with Crippen molar-refractivity contribution >= 4 is 12.0 Å². The van der Waals surface area contributed by atoms with E-state index >= 15 is 0 Å². The molecule has 0 unspecified atom stereocenters. The molecule has 1 aliphatic heterocycles. The predicted octanol–water partition coefficient (Wildman–Crippen LogP) is 5.66. The van der Waals surface area contributed by atoms with Crippen LogP contribution < -0.4 is 5.01 Å². The number of halogens is 5. The third-order valence-electron chi connectivity index (χ3n) is 4.47. The van der Waals surface area contributed by atoms with Crippen LogP contribution in [0.3, 0.4) is 0 Å². The van der Waals surface area contributed by atoms with Crippen LogP contribution in [0.5, 0.6) is 0 Å². The van der Waals surface area contributed by atoms with Gasteiger partial charge in [0.05, 0.1) is 6.34 Å². The van der Waals surface area contributed by atoms with Crippen LogP contribution in [0, 0.1) is 30.7 Å². The van der Waals surface area contributed by atoms with Crippen molar-refractivity contribution in [1.82, 2.24) is 14.9 Å². The average molecular weight is 656 g/mol. The summed E-state index contributed by atoms with van der Waals surface area (Å²) in [5.74, 6) is -1.46. The first-order chi connectivity index (χ1) is 15.5. The molecule has 11 heteroatoms. The minimum atomic E-state index is -4.33. The van der Waals surface area contributed by atoms with Crippen molar-refractivity contribution in [3.63, 3.8) is 0 Å². The molecule has 3 heterocycles. The number of hydrogen-bond donors (Lipinski definition) is 0. The first kappa shape index (κ1) is 27.4. The summed E-state index contributed by atoms with van der Waals surface area (Å²) >= 11 is 0. The molecular weight excluding hydrogens is 636 g/mol. The second kappa shape index (κ2) is 11.5. The smallest absolute Gasteiger partial charge is 0.370 e. The Hall–Kier alpha value is -2.87. The van der Waals surface area contributed by atoms with Gasteiger partial charge in [0.2, 0.25) is 0 Å².